The van der Waals surface area contributed by atoms with Crippen LogP contribution in [0.25, 0.3) is 0 Å². The van der Waals surface area contributed by atoms with Gasteiger partial charge in [-0.05, 0) is 12.5 Å². The number of nitrogens with two attached hydrogens (primary N) is 1. The number of carboxylic acids is 1. The third-order valence-electron chi connectivity index (χ3n) is 2.67. The van der Waals surface area contributed by atoms with Crippen molar-refractivity contribution in [1.82, 2.24) is 0 Å². The highest BCUT2D eigenvalue weighted by atomic mass is 16.6. The fraction of sp³-hybridized carbons (Fsp3) is 0.333. The molecule has 0 aliphatic heterocycles. The van der Waals surface area contributed by atoms with E-state index in [2.05, 4.69) is 5.32 Å². The van der Waals surface area contributed by atoms with Crippen molar-refractivity contribution in [3.05, 3.63) is 28.3 Å². The number of aliphatic carboxylic acids is 1. The molecule has 21 heavy (non-hydrogen) atoms. The van der Waals surface area contributed by atoms with Crippen LogP contribution < -0.4 is 15.8 Å². The Kier molecular flexibility index (Phi) is 5.61. The highest BCUT2D eigenvalue weighted by Gasteiger charge is 2.16. The summed E-state index contributed by atoms with van der Waals surface area (Å²) in [4.78, 5) is 32.3. The summed E-state index contributed by atoms with van der Waals surface area (Å²) in [6, 6.07) is 2.63. The molecule has 0 radical (unpaired) electrons. The van der Waals surface area contributed by atoms with Gasteiger partial charge in [-0.2, -0.15) is 0 Å². The molecule has 0 aliphatic rings. The molecule has 0 aromatic heterocycles. The number of ether oxygens (including phenoxy) is 1. The number of carbonyl (C=O) groups excluding carboxylic acids is 1. The third-order valence-corrected chi connectivity index (χ3v) is 2.67. The average molecular weight is 297 g/mol. The standard InChI is InChI=1S/C12H15N3O6/c1-21-10-6-7(15(19)20)2-4-9(10)14-11(16)5-3-8(13)12(17)18/h2,4,6,8H,3,5,13H2,1H3,(H,14,16)(H,17,18)/t8-/m0/s1. The quantitative estimate of drug-likeness (QED) is 0.497. The lowest BCUT2D eigenvalue weighted by molar-refractivity contribution is -0.384. The number of amides is 1. The van der Waals surface area contributed by atoms with E-state index in [1.54, 1.807) is 0 Å². The van der Waals surface area contributed by atoms with Crippen molar-refractivity contribution in [3.8, 4) is 5.75 Å². The number of hydrogen-bond donors (Lipinski definition) is 3. The minimum absolute atomic E-state index is 0.0174. The molecule has 1 rings (SSSR count). The van der Waals surface area contributed by atoms with Crippen molar-refractivity contribution in [2.75, 3.05) is 12.4 Å². The first-order chi connectivity index (χ1) is 9.85. The Bertz CT molecular complexity index is 560. The van der Waals surface area contributed by atoms with E-state index in [0.29, 0.717) is 0 Å². The van der Waals surface area contributed by atoms with E-state index in [9.17, 15) is 19.7 Å². The molecule has 0 spiro atoms. The van der Waals surface area contributed by atoms with Gasteiger partial charge in [0.25, 0.3) is 5.69 Å². The molecule has 0 saturated carbocycles. The van der Waals surface area contributed by atoms with E-state index in [1.807, 2.05) is 0 Å². The normalized spacial score (nSPS) is 11.5. The van der Waals surface area contributed by atoms with Crippen LogP contribution in [0.4, 0.5) is 11.4 Å². The van der Waals surface area contributed by atoms with Crippen molar-refractivity contribution < 1.29 is 24.4 Å². The number of rotatable bonds is 7. The molecule has 0 unspecified atom stereocenters. The van der Waals surface area contributed by atoms with Crippen LogP contribution in [0.1, 0.15) is 12.8 Å². The smallest absolute Gasteiger partial charge is 0.320 e. The van der Waals surface area contributed by atoms with Crippen LogP contribution in [0.15, 0.2) is 18.2 Å². The maximum absolute atomic E-state index is 11.7. The lowest BCUT2D eigenvalue weighted by atomic mass is 10.1. The number of carboxylic acid groups (broad SMARTS) is 1. The first-order valence-corrected chi connectivity index (χ1v) is 5.95. The van der Waals surface area contributed by atoms with Gasteiger partial charge in [0.15, 0.2) is 0 Å². The SMILES string of the molecule is COc1cc([N+](=O)[O-])ccc1NC(=O)CC[C@H](N)C(=O)O. The van der Waals surface area contributed by atoms with E-state index in [0.717, 1.165) is 0 Å². The first kappa shape index (κ1) is 16.4. The largest absolute Gasteiger partial charge is 0.494 e. The maximum atomic E-state index is 11.7. The summed E-state index contributed by atoms with van der Waals surface area (Å²) in [7, 11) is 1.31. The average Bonchev–Trinajstić information content (AvgIpc) is 2.44. The molecular formula is C12H15N3O6. The molecular weight excluding hydrogens is 282 g/mol. The molecule has 9 nitrogen and oxygen atoms in total. The predicted molar refractivity (Wildman–Crippen MR) is 73.1 cm³/mol. The van der Waals surface area contributed by atoms with Gasteiger partial charge in [0, 0.05) is 12.5 Å². The van der Waals surface area contributed by atoms with Crippen molar-refractivity contribution in [3.63, 3.8) is 0 Å². The number of nitrogens with one attached hydrogen (secondary N) is 1. The van der Waals surface area contributed by atoms with Crippen LogP contribution >= 0.6 is 0 Å². The van der Waals surface area contributed by atoms with Gasteiger partial charge in [0.05, 0.1) is 23.8 Å². The number of hydrogen-bond acceptors (Lipinski definition) is 6. The van der Waals surface area contributed by atoms with Crippen LogP contribution in [-0.4, -0.2) is 35.1 Å². The van der Waals surface area contributed by atoms with Crippen LogP contribution in [0.2, 0.25) is 0 Å². The number of carbonyl (C=O) groups is 2. The summed E-state index contributed by atoms with van der Waals surface area (Å²) in [6.45, 7) is 0. The van der Waals surface area contributed by atoms with Crippen molar-refractivity contribution in [1.29, 1.82) is 0 Å². The summed E-state index contributed by atoms with van der Waals surface area (Å²) in [5.74, 6) is -1.50. The Morgan fingerprint density at radius 3 is 2.71 bits per heavy atom. The van der Waals surface area contributed by atoms with Gasteiger partial charge in [-0.15, -0.1) is 0 Å². The zero-order valence-corrected chi connectivity index (χ0v) is 11.2. The van der Waals surface area contributed by atoms with E-state index in [1.165, 1.54) is 25.3 Å². The minimum Gasteiger partial charge on any atom is -0.494 e. The van der Waals surface area contributed by atoms with Gasteiger partial charge in [0.1, 0.15) is 11.8 Å². The number of nitro benzene ring substituents is 1. The third kappa shape index (κ3) is 4.73. The molecule has 1 atom stereocenters. The van der Waals surface area contributed by atoms with E-state index in [4.69, 9.17) is 15.6 Å². The molecule has 0 aliphatic carbocycles. The summed E-state index contributed by atoms with van der Waals surface area (Å²) >= 11 is 0. The predicted octanol–water partition coefficient (Wildman–Crippen LogP) is 0.734. The monoisotopic (exact) mass is 297 g/mol. The Hall–Kier alpha value is -2.68. The van der Waals surface area contributed by atoms with Crippen molar-refractivity contribution >= 4 is 23.3 Å². The van der Waals surface area contributed by atoms with Crippen LogP contribution in [-0.2, 0) is 9.59 Å². The van der Waals surface area contributed by atoms with Crippen LogP contribution in [0, 0.1) is 10.1 Å². The molecule has 1 aromatic rings. The minimum atomic E-state index is -1.18. The van der Waals surface area contributed by atoms with Crippen molar-refractivity contribution in [2.24, 2.45) is 5.73 Å². The number of benzene rings is 1. The number of methoxy groups -OCH3 is 1. The van der Waals surface area contributed by atoms with Gasteiger partial charge in [0.2, 0.25) is 5.91 Å². The topological polar surface area (TPSA) is 145 Å². The second-order valence-electron chi connectivity index (χ2n) is 4.17. The summed E-state index contributed by atoms with van der Waals surface area (Å²) < 4.78 is 4.96. The Morgan fingerprint density at radius 2 is 2.19 bits per heavy atom. The second-order valence-corrected chi connectivity index (χ2v) is 4.17. The Morgan fingerprint density at radius 1 is 1.52 bits per heavy atom. The van der Waals surface area contributed by atoms with E-state index >= 15 is 0 Å². The van der Waals surface area contributed by atoms with E-state index in [-0.39, 0.29) is 30.0 Å². The van der Waals surface area contributed by atoms with Crippen molar-refractivity contribution in [2.45, 2.75) is 18.9 Å². The van der Waals surface area contributed by atoms with Gasteiger partial charge in [-0.25, -0.2) is 0 Å². The zero-order chi connectivity index (χ0) is 16.0. The van der Waals surface area contributed by atoms with Gasteiger partial charge in [-0.1, -0.05) is 0 Å². The lowest BCUT2D eigenvalue weighted by Gasteiger charge is -2.10. The highest BCUT2D eigenvalue weighted by molar-refractivity contribution is 5.92. The van der Waals surface area contributed by atoms with Crippen LogP contribution in [0.5, 0.6) is 5.75 Å². The molecule has 0 saturated heterocycles. The molecule has 0 heterocycles. The van der Waals surface area contributed by atoms with E-state index < -0.39 is 22.8 Å². The molecule has 4 N–H and O–H groups in total. The second kappa shape index (κ2) is 7.20. The first-order valence-electron chi connectivity index (χ1n) is 5.95. The molecule has 9 heteroatoms. The van der Waals surface area contributed by atoms with Crippen LogP contribution in [0.3, 0.4) is 0 Å². The highest BCUT2D eigenvalue weighted by Crippen LogP contribution is 2.29. The maximum Gasteiger partial charge on any atom is 0.320 e. The Labute approximate surface area is 119 Å². The Balaban J connectivity index is 2.72. The number of nitro groups is 1. The fourth-order valence-electron chi connectivity index (χ4n) is 1.52. The molecule has 0 bridgehead atoms. The number of non-ortho nitro benzene ring substituents is 1. The lowest BCUT2D eigenvalue weighted by Crippen LogP contribution is -2.31. The summed E-state index contributed by atoms with van der Waals surface area (Å²) in [5, 5.41) is 21.7. The molecule has 114 valence electrons. The van der Waals surface area contributed by atoms with Gasteiger partial charge < -0.3 is 20.9 Å². The summed E-state index contributed by atoms with van der Waals surface area (Å²) in [5.41, 5.74) is 5.38. The number of nitrogens with zero attached hydrogens (tertiary/aromatic N) is 1. The van der Waals surface area contributed by atoms with Gasteiger partial charge in [-0.3, -0.25) is 19.7 Å². The zero-order valence-electron chi connectivity index (χ0n) is 11.2. The fourth-order valence-corrected chi connectivity index (χ4v) is 1.52. The number of anilines is 1. The van der Waals surface area contributed by atoms with Gasteiger partial charge >= 0.3 is 5.97 Å². The molecule has 1 amide bonds. The molecule has 1 aromatic carbocycles. The molecule has 0 fully saturated rings. The summed E-state index contributed by atoms with van der Waals surface area (Å²) in [6.07, 6.45) is -0.107.